The lowest BCUT2D eigenvalue weighted by molar-refractivity contribution is 0.0310. The second kappa shape index (κ2) is 9.33. The SMILES string of the molecule is COc1c(N=S2CCC2)cc2ncnc(Nc3ccc(F)cc3O[C@@H]3CO[C@@H]4CCO[C@@H]43)c2c1C. The molecule has 3 aliphatic rings. The summed E-state index contributed by atoms with van der Waals surface area (Å²) in [4.78, 5) is 9.00. The van der Waals surface area contributed by atoms with Gasteiger partial charge in [0.2, 0.25) is 0 Å². The van der Waals surface area contributed by atoms with Crippen LogP contribution in [0.2, 0.25) is 0 Å². The van der Waals surface area contributed by atoms with E-state index >= 15 is 0 Å². The third-order valence-corrected chi connectivity index (χ3v) is 8.66. The van der Waals surface area contributed by atoms with E-state index in [2.05, 4.69) is 15.3 Å². The molecule has 2 aromatic carbocycles. The highest BCUT2D eigenvalue weighted by Gasteiger charge is 2.43. The summed E-state index contributed by atoms with van der Waals surface area (Å²) in [5, 5.41) is 4.16. The van der Waals surface area contributed by atoms with Crippen LogP contribution < -0.4 is 14.8 Å². The van der Waals surface area contributed by atoms with Gasteiger partial charge in [0, 0.05) is 35.1 Å². The van der Waals surface area contributed by atoms with Crippen LogP contribution in [0.15, 0.2) is 35.0 Å². The van der Waals surface area contributed by atoms with Gasteiger partial charge in [-0.25, -0.2) is 18.7 Å². The van der Waals surface area contributed by atoms with E-state index in [1.165, 1.54) is 24.9 Å². The Labute approximate surface area is 205 Å². The number of benzene rings is 2. The maximum atomic E-state index is 14.2. The fraction of sp³-hybridized carbons (Fsp3) is 0.440. The van der Waals surface area contributed by atoms with Gasteiger partial charge < -0.3 is 24.3 Å². The monoisotopic (exact) mass is 498 g/mol. The number of ether oxygens (including phenoxy) is 4. The molecule has 35 heavy (non-hydrogen) atoms. The highest BCUT2D eigenvalue weighted by molar-refractivity contribution is 7.88. The Kier molecular flexibility index (Phi) is 6.03. The summed E-state index contributed by atoms with van der Waals surface area (Å²) in [5.41, 5.74) is 3.07. The molecule has 0 aliphatic carbocycles. The molecule has 0 amide bonds. The topological polar surface area (TPSA) is 87.1 Å². The van der Waals surface area contributed by atoms with Gasteiger partial charge in [-0.1, -0.05) is 10.7 Å². The zero-order chi connectivity index (χ0) is 23.9. The number of hydrogen-bond donors (Lipinski definition) is 1. The van der Waals surface area contributed by atoms with Crippen LogP contribution in [0.1, 0.15) is 18.4 Å². The zero-order valence-electron chi connectivity index (χ0n) is 19.6. The van der Waals surface area contributed by atoms with Crippen molar-refractivity contribution in [3.63, 3.8) is 0 Å². The predicted molar refractivity (Wildman–Crippen MR) is 133 cm³/mol. The lowest BCUT2D eigenvalue weighted by atomic mass is 10.1. The molecule has 3 atom stereocenters. The number of nitrogens with zero attached hydrogens (tertiary/aromatic N) is 3. The number of aromatic nitrogens is 2. The fourth-order valence-electron chi connectivity index (χ4n) is 4.82. The summed E-state index contributed by atoms with van der Waals surface area (Å²) in [6.45, 7) is 3.03. The van der Waals surface area contributed by atoms with Crippen molar-refractivity contribution in [2.45, 2.75) is 38.1 Å². The van der Waals surface area contributed by atoms with Gasteiger partial charge >= 0.3 is 0 Å². The number of hydrogen-bond acceptors (Lipinski definition) is 8. The second-order valence-electron chi connectivity index (χ2n) is 8.90. The molecule has 1 aromatic heterocycles. The van der Waals surface area contributed by atoms with Crippen LogP contribution in [-0.4, -0.2) is 60.1 Å². The van der Waals surface area contributed by atoms with Gasteiger partial charge in [-0.15, -0.1) is 0 Å². The van der Waals surface area contributed by atoms with Crippen molar-refractivity contribution in [1.82, 2.24) is 9.97 Å². The van der Waals surface area contributed by atoms with E-state index in [9.17, 15) is 4.39 Å². The molecule has 3 fully saturated rings. The normalized spacial score (nSPS) is 23.7. The molecular formula is C25H27FN4O4S. The number of fused-ring (bicyclic) bond motifs is 2. The van der Waals surface area contributed by atoms with E-state index in [1.54, 1.807) is 13.2 Å². The quantitative estimate of drug-likeness (QED) is 0.531. The minimum Gasteiger partial charge on any atom is -0.494 e. The van der Waals surface area contributed by atoms with Crippen LogP contribution in [0.3, 0.4) is 0 Å². The lowest BCUT2D eigenvalue weighted by Crippen LogP contribution is -2.32. The van der Waals surface area contributed by atoms with E-state index < -0.39 is 0 Å². The Morgan fingerprint density at radius 1 is 1.20 bits per heavy atom. The van der Waals surface area contributed by atoms with Gasteiger partial charge in [-0.05, 0) is 38.0 Å². The summed E-state index contributed by atoms with van der Waals surface area (Å²) >= 11 is 0. The number of anilines is 2. The van der Waals surface area contributed by atoms with E-state index in [-0.39, 0.29) is 34.8 Å². The summed E-state index contributed by atoms with van der Waals surface area (Å²) in [6, 6.07) is 6.37. The van der Waals surface area contributed by atoms with Crippen LogP contribution in [0.25, 0.3) is 10.9 Å². The Bertz CT molecular complexity index is 1310. The third-order valence-electron chi connectivity index (χ3n) is 6.68. The van der Waals surface area contributed by atoms with Gasteiger partial charge in [0.1, 0.15) is 41.3 Å². The molecule has 184 valence electrons. The molecule has 0 radical (unpaired) electrons. The first-order valence-corrected chi connectivity index (χ1v) is 13.3. The van der Waals surface area contributed by atoms with Gasteiger partial charge in [-0.2, -0.15) is 0 Å². The molecule has 10 heteroatoms. The maximum absolute atomic E-state index is 14.2. The number of halogens is 1. The van der Waals surface area contributed by atoms with Gasteiger partial charge in [0.25, 0.3) is 0 Å². The van der Waals surface area contributed by atoms with E-state index in [0.717, 1.165) is 45.8 Å². The van der Waals surface area contributed by atoms with Crippen molar-refractivity contribution < 1.29 is 23.3 Å². The van der Waals surface area contributed by atoms with Gasteiger partial charge in [0.15, 0.2) is 6.10 Å². The molecule has 1 N–H and O–H groups in total. The largest absolute Gasteiger partial charge is 0.494 e. The molecule has 3 aliphatic heterocycles. The molecule has 3 saturated heterocycles. The van der Waals surface area contributed by atoms with Crippen LogP contribution in [0.4, 0.5) is 21.6 Å². The molecule has 8 nitrogen and oxygen atoms in total. The Hall–Kier alpha value is -2.82. The van der Waals surface area contributed by atoms with E-state index in [1.807, 2.05) is 13.0 Å². The number of methoxy groups -OCH3 is 1. The molecule has 4 heterocycles. The highest BCUT2D eigenvalue weighted by Crippen LogP contribution is 2.41. The fourth-order valence-corrected chi connectivity index (χ4v) is 5.97. The summed E-state index contributed by atoms with van der Waals surface area (Å²) in [5.74, 6) is 3.55. The van der Waals surface area contributed by atoms with Crippen molar-refractivity contribution in [2.24, 2.45) is 4.36 Å². The molecule has 0 unspecified atom stereocenters. The third kappa shape index (κ3) is 4.23. The summed E-state index contributed by atoms with van der Waals surface area (Å²) in [6.07, 6.45) is 3.17. The van der Waals surface area contributed by atoms with Gasteiger partial charge in [-0.3, -0.25) is 0 Å². The molecular weight excluding hydrogens is 471 g/mol. The van der Waals surface area contributed by atoms with Crippen LogP contribution in [0, 0.1) is 12.7 Å². The average molecular weight is 499 g/mol. The predicted octanol–water partition coefficient (Wildman–Crippen LogP) is 4.60. The molecule has 6 rings (SSSR count). The summed E-state index contributed by atoms with van der Waals surface area (Å²) in [7, 11) is 1.71. The van der Waals surface area contributed by atoms with Crippen LogP contribution in [0.5, 0.6) is 11.5 Å². The smallest absolute Gasteiger partial charge is 0.151 e. The van der Waals surface area contributed by atoms with Crippen molar-refractivity contribution in [3.05, 3.63) is 42.0 Å². The lowest BCUT2D eigenvalue weighted by Gasteiger charge is -2.21. The van der Waals surface area contributed by atoms with Crippen molar-refractivity contribution >= 4 is 38.8 Å². The molecule has 0 bridgehead atoms. The van der Waals surface area contributed by atoms with Crippen molar-refractivity contribution in [1.29, 1.82) is 0 Å². The molecule has 0 saturated carbocycles. The molecule has 0 spiro atoms. The first-order chi connectivity index (χ1) is 17.1. The maximum Gasteiger partial charge on any atom is 0.151 e. The van der Waals surface area contributed by atoms with Crippen molar-refractivity contribution in [3.8, 4) is 11.5 Å². The minimum absolute atomic E-state index is 0.0334. The standard InChI is InChI=1S/C25H27FN4O4S/c1-14-22-17(11-18(23(14)31-2)30-35-8-3-9-35)27-13-28-25(22)29-16-5-4-15(26)10-20(16)34-21-12-33-19-6-7-32-24(19)21/h4-5,10-11,13,19,21,24H,3,6-9,12H2,1-2H3,(H,27,28,29)/t19-,21-,24+/m1/s1. The minimum atomic E-state index is -0.387. The van der Waals surface area contributed by atoms with Crippen LogP contribution >= 0.6 is 0 Å². The first-order valence-electron chi connectivity index (χ1n) is 11.8. The number of nitrogens with one attached hydrogen (secondary N) is 1. The second-order valence-corrected chi connectivity index (χ2v) is 10.8. The Balaban J connectivity index is 1.36. The average Bonchev–Trinajstić information content (AvgIpc) is 3.43. The first kappa shape index (κ1) is 22.6. The number of rotatable bonds is 6. The van der Waals surface area contributed by atoms with Crippen molar-refractivity contribution in [2.75, 3.05) is 37.1 Å². The van der Waals surface area contributed by atoms with E-state index in [4.69, 9.17) is 23.3 Å². The molecule has 3 aromatic rings. The van der Waals surface area contributed by atoms with Gasteiger partial charge in [0.05, 0.1) is 31.0 Å². The highest BCUT2D eigenvalue weighted by atomic mass is 32.2. The Morgan fingerprint density at radius 2 is 2.09 bits per heavy atom. The zero-order valence-corrected chi connectivity index (χ0v) is 20.4. The van der Waals surface area contributed by atoms with Crippen LogP contribution in [-0.2, 0) is 20.2 Å². The Morgan fingerprint density at radius 3 is 2.89 bits per heavy atom. The summed E-state index contributed by atoms with van der Waals surface area (Å²) < 4.78 is 42.7. The van der Waals surface area contributed by atoms with E-state index in [0.29, 0.717) is 30.5 Å². The number of aryl methyl sites for hydroxylation is 1.